The molecule has 0 saturated carbocycles. The van der Waals surface area contributed by atoms with Gasteiger partial charge in [0.2, 0.25) is 0 Å². The summed E-state index contributed by atoms with van der Waals surface area (Å²) < 4.78 is 0. The number of piperidine rings is 1. The molecule has 0 atom stereocenters. The molecule has 0 aliphatic carbocycles. The number of hydrogen-bond acceptors (Lipinski definition) is 7. The molecule has 0 bridgehead atoms. The van der Waals surface area contributed by atoms with Crippen molar-refractivity contribution in [3.63, 3.8) is 0 Å². The van der Waals surface area contributed by atoms with Crippen molar-refractivity contribution in [1.29, 1.82) is 0 Å². The van der Waals surface area contributed by atoms with Crippen molar-refractivity contribution in [2.45, 2.75) is 46.1 Å². The number of rotatable bonds is 5. The number of pyridine rings is 1. The summed E-state index contributed by atoms with van der Waals surface area (Å²) in [6.45, 7) is 8.03. The Labute approximate surface area is 171 Å². The molecule has 1 aliphatic heterocycles. The maximum Gasteiger partial charge on any atom is 0.161 e. The summed E-state index contributed by atoms with van der Waals surface area (Å²) in [6, 6.07) is 8.42. The van der Waals surface area contributed by atoms with Crippen molar-refractivity contribution in [2.24, 2.45) is 0 Å². The Morgan fingerprint density at radius 1 is 1.00 bits per heavy atom. The molecule has 0 aromatic carbocycles. The van der Waals surface area contributed by atoms with Crippen molar-refractivity contribution < 1.29 is 0 Å². The van der Waals surface area contributed by atoms with Gasteiger partial charge >= 0.3 is 0 Å². The lowest BCUT2D eigenvalue weighted by atomic mass is 10.0. The molecule has 1 fully saturated rings. The van der Waals surface area contributed by atoms with Crippen LogP contribution in [0.15, 0.2) is 36.7 Å². The van der Waals surface area contributed by atoms with Crippen LogP contribution >= 0.6 is 0 Å². The van der Waals surface area contributed by atoms with Gasteiger partial charge in [0.1, 0.15) is 17.5 Å². The second kappa shape index (κ2) is 8.51. The Hall–Kier alpha value is -3.09. The lowest BCUT2D eigenvalue weighted by molar-refractivity contribution is 0.521. The summed E-state index contributed by atoms with van der Waals surface area (Å²) in [6.07, 6.45) is 6.50. The fraction of sp³-hybridized carbons (Fsp3) is 0.409. The topological polar surface area (TPSA) is 79.7 Å². The molecule has 29 heavy (non-hydrogen) atoms. The summed E-state index contributed by atoms with van der Waals surface area (Å²) in [4.78, 5) is 24.9. The number of nitrogens with one attached hydrogen (secondary N) is 1. The number of nitrogens with zero attached hydrogens (tertiary/aromatic N) is 6. The number of anilines is 2. The first-order valence-electron chi connectivity index (χ1n) is 10.2. The van der Waals surface area contributed by atoms with Crippen LogP contribution in [0.2, 0.25) is 0 Å². The van der Waals surface area contributed by atoms with Gasteiger partial charge in [-0.1, -0.05) is 6.92 Å². The highest BCUT2D eigenvalue weighted by Crippen LogP contribution is 2.23. The molecular weight excluding hydrogens is 362 g/mol. The van der Waals surface area contributed by atoms with Crippen LogP contribution in [0.25, 0.3) is 11.4 Å². The smallest absolute Gasteiger partial charge is 0.161 e. The van der Waals surface area contributed by atoms with Crippen LogP contribution in [0.3, 0.4) is 0 Å². The van der Waals surface area contributed by atoms with E-state index in [2.05, 4.69) is 49.2 Å². The molecule has 0 unspecified atom stereocenters. The second-order valence-electron chi connectivity index (χ2n) is 7.48. The molecule has 4 rings (SSSR count). The minimum atomic E-state index is 0.389. The Bertz CT molecular complexity index is 946. The summed E-state index contributed by atoms with van der Waals surface area (Å²) in [5.41, 5.74) is 3.05. The van der Waals surface area contributed by atoms with Crippen LogP contribution in [-0.4, -0.2) is 44.1 Å². The highest BCUT2D eigenvalue weighted by Gasteiger charge is 2.21. The Morgan fingerprint density at radius 3 is 2.45 bits per heavy atom. The molecular formula is C22H27N7. The third-order valence-electron chi connectivity index (χ3n) is 5.20. The molecule has 7 heteroatoms. The summed E-state index contributed by atoms with van der Waals surface area (Å²) in [7, 11) is 0. The Balaban J connectivity index is 1.45. The van der Waals surface area contributed by atoms with E-state index in [4.69, 9.17) is 4.98 Å². The predicted octanol–water partition coefficient (Wildman–Crippen LogP) is 3.59. The molecule has 4 heterocycles. The van der Waals surface area contributed by atoms with E-state index < -0.39 is 0 Å². The van der Waals surface area contributed by atoms with E-state index in [1.807, 2.05) is 26.0 Å². The Morgan fingerprint density at radius 2 is 1.76 bits per heavy atom. The van der Waals surface area contributed by atoms with Crippen molar-refractivity contribution in [1.82, 2.24) is 24.9 Å². The third-order valence-corrected chi connectivity index (χ3v) is 5.20. The fourth-order valence-corrected chi connectivity index (χ4v) is 3.70. The average Bonchev–Trinajstić information content (AvgIpc) is 2.74. The molecule has 150 valence electrons. The maximum atomic E-state index is 4.76. The van der Waals surface area contributed by atoms with E-state index in [0.29, 0.717) is 6.04 Å². The van der Waals surface area contributed by atoms with Gasteiger partial charge in [-0.25, -0.2) is 19.9 Å². The highest BCUT2D eigenvalue weighted by atomic mass is 15.2. The van der Waals surface area contributed by atoms with Crippen LogP contribution in [-0.2, 0) is 6.42 Å². The van der Waals surface area contributed by atoms with Gasteiger partial charge in [0.05, 0.1) is 0 Å². The molecule has 1 aliphatic rings. The van der Waals surface area contributed by atoms with E-state index in [-0.39, 0.29) is 0 Å². The van der Waals surface area contributed by atoms with Crippen molar-refractivity contribution >= 4 is 11.6 Å². The zero-order chi connectivity index (χ0) is 20.2. The van der Waals surface area contributed by atoms with Crippen LogP contribution in [0.1, 0.15) is 37.0 Å². The first-order valence-corrected chi connectivity index (χ1v) is 10.2. The third kappa shape index (κ3) is 4.67. The summed E-state index contributed by atoms with van der Waals surface area (Å²) in [5, 5.41) is 3.63. The van der Waals surface area contributed by atoms with E-state index in [0.717, 1.165) is 72.6 Å². The van der Waals surface area contributed by atoms with Gasteiger partial charge in [-0.15, -0.1) is 0 Å². The van der Waals surface area contributed by atoms with Gasteiger partial charge in [-0.05, 0) is 45.2 Å². The minimum Gasteiger partial charge on any atom is -0.367 e. The standard InChI is InChI=1S/C22H27N7/c1-4-18-14-20(28-22(27-18)17-5-9-23-10-6-17)26-19-7-11-29(12-8-19)21-13-15(2)24-16(3)25-21/h5-6,9-10,13-14,19H,4,7-8,11-12H2,1-3H3,(H,26,27,28). The van der Waals surface area contributed by atoms with E-state index in [9.17, 15) is 0 Å². The lowest BCUT2D eigenvalue weighted by Crippen LogP contribution is -2.39. The van der Waals surface area contributed by atoms with Crippen LogP contribution in [0.5, 0.6) is 0 Å². The monoisotopic (exact) mass is 389 g/mol. The number of aromatic nitrogens is 5. The summed E-state index contributed by atoms with van der Waals surface area (Å²) >= 11 is 0. The fourth-order valence-electron chi connectivity index (χ4n) is 3.70. The number of hydrogen-bond donors (Lipinski definition) is 1. The molecule has 3 aromatic rings. The van der Waals surface area contributed by atoms with E-state index in [1.165, 1.54) is 0 Å². The predicted molar refractivity (Wildman–Crippen MR) is 115 cm³/mol. The lowest BCUT2D eigenvalue weighted by Gasteiger charge is -2.33. The SMILES string of the molecule is CCc1cc(NC2CCN(c3cc(C)nc(C)n3)CC2)nc(-c2ccncc2)n1. The van der Waals surface area contributed by atoms with Gasteiger partial charge in [0.15, 0.2) is 5.82 Å². The highest BCUT2D eigenvalue weighted by molar-refractivity contribution is 5.57. The van der Waals surface area contributed by atoms with Crippen molar-refractivity contribution in [3.8, 4) is 11.4 Å². The quantitative estimate of drug-likeness (QED) is 0.714. The number of aryl methyl sites for hydroxylation is 3. The molecule has 0 spiro atoms. The maximum absolute atomic E-state index is 4.76. The minimum absolute atomic E-state index is 0.389. The van der Waals surface area contributed by atoms with Crippen molar-refractivity contribution in [2.75, 3.05) is 23.3 Å². The van der Waals surface area contributed by atoms with Crippen molar-refractivity contribution in [3.05, 3.63) is 53.9 Å². The van der Waals surface area contributed by atoms with Crippen LogP contribution in [0, 0.1) is 13.8 Å². The van der Waals surface area contributed by atoms with E-state index in [1.54, 1.807) is 12.4 Å². The van der Waals surface area contributed by atoms with E-state index >= 15 is 0 Å². The molecule has 3 aromatic heterocycles. The van der Waals surface area contributed by atoms with Gasteiger partial charge in [-0.3, -0.25) is 4.98 Å². The first-order chi connectivity index (χ1) is 14.1. The second-order valence-corrected chi connectivity index (χ2v) is 7.48. The largest absolute Gasteiger partial charge is 0.367 e. The molecule has 7 nitrogen and oxygen atoms in total. The normalized spacial score (nSPS) is 14.8. The van der Waals surface area contributed by atoms with Gasteiger partial charge in [-0.2, -0.15) is 0 Å². The first kappa shape index (κ1) is 19.2. The average molecular weight is 390 g/mol. The van der Waals surface area contributed by atoms with Gasteiger partial charge in [0.25, 0.3) is 0 Å². The van der Waals surface area contributed by atoms with Crippen LogP contribution in [0.4, 0.5) is 11.6 Å². The zero-order valence-electron chi connectivity index (χ0n) is 17.3. The summed E-state index contributed by atoms with van der Waals surface area (Å²) in [5.74, 6) is 3.51. The van der Waals surface area contributed by atoms with Crippen LogP contribution < -0.4 is 10.2 Å². The zero-order valence-corrected chi connectivity index (χ0v) is 17.3. The molecule has 0 amide bonds. The Kier molecular flexibility index (Phi) is 5.64. The van der Waals surface area contributed by atoms with Gasteiger partial charge in [0, 0.05) is 60.6 Å². The molecule has 1 saturated heterocycles. The molecule has 0 radical (unpaired) electrons. The van der Waals surface area contributed by atoms with Gasteiger partial charge < -0.3 is 10.2 Å². The molecule has 1 N–H and O–H groups in total.